The van der Waals surface area contributed by atoms with Crippen molar-refractivity contribution >= 4 is 11.8 Å². The number of amides is 1. The van der Waals surface area contributed by atoms with Gasteiger partial charge in [-0.2, -0.15) is 5.43 Å². The normalized spacial score (nSPS) is 20.5. The molecule has 0 radical (unpaired) electrons. The highest BCUT2D eigenvalue weighted by atomic mass is 16.7. The maximum Gasteiger partial charge on any atom is 0.432 e. The van der Waals surface area contributed by atoms with E-state index >= 15 is 0 Å². The summed E-state index contributed by atoms with van der Waals surface area (Å²) in [5, 5.41) is 1.31. The van der Waals surface area contributed by atoms with Gasteiger partial charge in [-0.15, -0.1) is 0 Å². The van der Waals surface area contributed by atoms with Crippen LogP contribution in [0, 0.1) is 6.92 Å². The van der Waals surface area contributed by atoms with Gasteiger partial charge in [-0.05, 0) is 19.1 Å². The minimum atomic E-state index is -0.709. The topological polar surface area (TPSA) is 50.8 Å². The summed E-state index contributed by atoms with van der Waals surface area (Å²) in [6, 6.07) is 7.51. The number of methoxy groups -OCH3 is 1. The second kappa shape index (κ2) is 3.88. The molecule has 1 aliphatic heterocycles. The van der Waals surface area contributed by atoms with Gasteiger partial charge >= 0.3 is 6.09 Å². The number of cyclic esters (lactones) is 1. The predicted molar refractivity (Wildman–Crippen MR) is 54.1 cm³/mol. The maximum absolute atomic E-state index is 11.4. The van der Waals surface area contributed by atoms with Crippen LogP contribution in [-0.4, -0.2) is 19.6 Å². The summed E-state index contributed by atoms with van der Waals surface area (Å²) < 4.78 is 9.72. The van der Waals surface area contributed by atoms with Crippen molar-refractivity contribution in [3.8, 4) is 0 Å². The minimum Gasteiger partial charge on any atom is -0.402 e. The van der Waals surface area contributed by atoms with Crippen molar-refractivity contribution in [3.05, 3.63) is 29.8 Å². The molecule has 0 saturated carbocycles. The van der Waals surface area contributed by atoms with E-state index in [0.29, 0.717) is 0 Å². The van der Waals surface area contributed by atoms with Gasteiger partial charge in [-0.3, -0.25) is 0 Å². The number of nitrogens with one attached hydrogen (secondary N) is 1. The largest absolute Gasteiger partial charge is 0.432 e. The summed E-state index contributed by atoms with van der Waals surface area (Å²) in [5.74, 6) is 0. The zero-order valence-corrected chi connectivity index (χ0v) is 8.56. The molecular weight excluding hydrogens is 196 g/mol. The van der Waals surface area contributed by atoms with Crippen LogP contribution >= 0.6 is 0 Å². The molecule has 1 N–H and O–H groups in total. The molecule has 1 aliphatic rings. The molecule has 1 amide bonds. The Morgan fingerprint density at radius 2 is 2.07 bits per heavy atom. The fourth-order valence-electron chi connectivity index (χ4n) is 1.30. The highest BCUT2D eigenvalue weighted by Crippen LogP contribution is 2.18. The van der Waals surface area contributed by atoms with Gasteiger partial charge in [0.15, 0.2) is 0 Å². The first-order valence-corrected chi connectivity index (χ1v) is 4.57. The van der Waals surface area contributed by atoms with Crippen molar-refractivity contribution < 1.29 is 14.3 Å². The number of nitrogens with zero attached hydrogens (tertiary/aromatic N) is 1. The number of ether oxygens (including phenoxy) is 2. The van der Waals surface area contributed by atoms with Gasteiger partial charge in [-0.25, -0.2) is 9.80 Å². The van der Waals surface area contributed by atoms with Crippen LogP contribution in [0.15, 0.2) is 24.3 Å². The number of rotatable bonds is 2. The highest BCUT2D eigenvalue weighted by Gasteiger charge is 2.31. The Labute approximate surface area is 87.6 Å². The van der Waals surface area contributed by atoms with Crippen LogP contribution in [-0.2, 0) is 9.47 Å². The Kier molecular flexibility index (Phi) is 2.57. The molecule has 1 unspecified atom stereocenters. The van der Waals surface area contributed by atoms with E-state index in [9.17, 15) is 4.79 Å². The fourth-order valence-corrected chi connectivity index (χ4v) is 1.30. The number of hydrogen-bond donors (Lipinski definition) is 1. The average molecular weight is 208 g/mol. The van der Waals surface area contributed by atoms with E-state index in [1.165, 1.54) is 12.1 Å². The number of carbonyl (C=O) groups is 1. The van der Waals surface area contributed by atoms with Crippen molar-refractivity contribution in [2.45, 2.75) is 13.3 Å². The summed E-state index contributed by atoms with van der Waals surface area (Å²) >= 11 is 0. The lowest BCUT2D eigenvalue weighted by molar-refractivity contribution is -0.0722. The molecule has 15 heavy (non-hydrogen) atoms. The molecular formula is C10H12N2O3. The first-order valence-electron chi connectivity index (χ1n) is 4.57. The third-order valence-corrected chi connectivity index (χ3v) is 2.13. The third kappa shape index (κ3) is 1.93. The summed E-state index contributed by atoms with van der Waals surface area (Å²) in [5.41, 5.74) is 4.63. The summed E-state index contributed by atoms with van der Waals surface area (Å²) in [7, 11) is 1.46. The Balaban J connectivity index is 2.18. The molecule has 1 heterocycles. The number of hydrazine groups is 1. The Bertz CT molecular complexity index is 363. The first-order chi connectivity index (χ1) is 7.20. The van der Waals surface area contributed by atoms with Crippen LogP contribution in [0.1, 0.15) is 5.56 Å². The number of anilines is 1. The second-order valence-corrected chi connectivity index (χ2v) is 3.25. The van der Waals surface area contributed by atoms with E-state index < -0.39 is 12.5 Å². The number of benzene rings is 1. The molecule has 0 aliphatic carbocycles. The Morgan fingerprint density at radius 3 is 2.60 bits per heavy atom. The monoisotopic (exact) mass is 208 g/mol. The van der Waals surface area contributed by atoms with E-state index in [2.05, 4.69) is 5.43 Å². The van der Waals surface area contributed by atoms with Crippen molar-refractivity contribution in [2.75, 3.05) is 12.1 Å². The smallest absolute Gasteiger partial charge is 0.402 e. The predicted octanol–water partition coefficient (Wildman–Crippen LogP) is 1.39. The quantitative estimate of drug-likeness (QED) is 0.797. The second-order valence-electron chi connectivity index (χ2n) is 3.25. The van der Waals surface area contributed by atoms with Gasteiger partial charge in [0.05, 0.1) is 5.69 Å². The van der Waals surface area contributed by atoms with E-state index in [0.717, 1.165) is 11.3 Å². The van der Waals surface area contributed by atoms with Crippen LogP contribution in [0.5, 0.6) is 0 Å². The molecule has 0 aromatic heterocycles. The van der Waals surface area contributed by atoms with Crippen LogP contribution in [0.25, 0.3) is 0 Å². The highest BCUT2D eigenvalue weighted by molar-refractivity contribution is 5.88. The van der Waals surface area contributed by atoms with Crippen molar-refractivity contribution in [1.82, 2.24) is 5.43 Å². The SMILES string of the molecule is COC1NN(c2ccc(C)cc2)C(=O)O1. The van der Waals surface area contributed by atoms with Gasteiger partial charge in [0.1, 0.15) is 0 Å². The van der Waals surface area contributed by atoms with Crippen molar-refractivity contribution in [3.63, 3.8) is 0 Å². The van der Waals surface area contributed by atoms with Gasteiger partial charge < -0.3 is 9.47 Å². The number of aryl methyl sites for hydroxylation is 1. The molecule has 0 spiro atoms. The molecule has 5 nitrogen and oxygen atoms in total. The lowest BCUT2D eigenvalue weighted by Crippen LogP contribution is -2.37. The zero-order valence-electron chi connectivity index (χ0n) is 8.56. The van der Waals surface area contributed by atoms with Gasteiger partial charge in [-0.1, -0.05) is 17.7 Å². The third-order valence-electron chi connectivity index (χ3n) is 2.13. The number of carbonyl (C=O) groups excluding carboxylic acids is 1. The minimum absolute atomic E-state index is 0.467. The average Bonchev–Trinajstić information content (AvgIpc) is 2.61. The van der Waals surface area contributed by atoms with Gasteiger partial charge in [0.25, 0.3) is 6.41 Å². The van der Waals surface area contributed by atoms with Crippen LogP contribution in [0.4, 0.5) is 10.5 Å². The van der Waals surface area contributed by atoms with E-state index in [1.54, 1.807) is 0 Å². The van der Waals surface area contributed by atoms with E-state index in [4.69, 9.17) is 9.47 Å². The fraction of sp³-hybridized carbons (Fsp3) is 0.300. The molecule has 1 aromatic carbocycles. The Hall–Kier alpha value is -1.59. The molecule has 80 valence electrons. The van der Waals surface area contributed by atoms with E-state index in [-0.39, 0.29) is 0 Å². The Morgan fingerprint density at radius 1 is 1.40 bits per heavy atom. The zero-order chi connectivity index (χ0) is 10.8. The van der Waals surface area contributed by atoms with Gasteiger partial charge in [0, 0.05) is 7.11 Å². The summed E-state index contributed by atoms with van der Waals surface area (Å²) in [6.07, 6.45) is -1.18. The molecule has 2 rings (SSSR count). The van der Waals surface area contributed by atoms with E-state index in [1.807, 2.05) is 31.2 Å². The van der Waals surface area contributed by atoms with Crippen molar-refractivity contribution in [1.29, 1.82) is 0 Å². The standard InChI is InChI=1S/C10H12N2O3/c1-7-3-5-8(6-4-7)12-10(13)15-9(11-12)14-2/h3-6,9,11H,1-2H3. The maximum atomic E-state index is 11.4. The summed E-state index contributed by atoms with van der Waals surface area (Å²) in [4.78, 5) is 11.4. The van der Waals surface area contributed by atoms with Crippen LogP contribution in [0.3, 0.4) is 0 Å². The molecule has 5 heteroatoms. The first kappa shape index (κ1) is 9.95. The molecule has 0 bridgehead atoms. The molecule has 1 fully saturated rings. The molecule has 1 saturated heterocycles. The number of hydrogen-bond acceptors (Lipinski definition) is 4. The van der Waals surface area contributed by atoms with Gasteiger partial charge in [0.2, 0.25) is 0 Å². The lowest BCUT2D eigenvalue weighted by Gasteiger charge is -2.13. The molecule has 1 atom stereocenters. The molecule has 1 aromatic rings. The lowest BCUT2D eigenvalue weighted by atomic mass is 10.2. The van der Waals surface area contributed by atoms with Crippen LogP contribution < -0.4 is 10.4 Å². The van der Waals surface area contributed by atoms with Crippen molar-refractivity contribution in [2.24, 2.45) is 0 Å². The van der Waals surface area contributed by atoms with Crippen LogP contribution in [0.2, 0.25) is 0 Å². The summed E-state index contributed by atoms with van der Waals surface area (Å²) in [6.45, 7) is 1.98.